The van der Waals surface area contributed by atoms with Crippen molar-refractivity contribution >= 4 is 0 Å². The van der Waals surface area contributed by atoms with Gasteiger partial charge in [-0.1, -0.05) is 48.0 Å². The van der Waals surface area contributed by atoms with Crippen LogP contribution in [0.4, 0.5) is 0 Å². The lowest BCUT2D eigenvalue weighted by Crippen LogP contribution is -2.42. The van der Waals surface area contributed by atoms with Crippen LogP contribution in [0, 0.1) is 17.3 Å². The van der Waals surface area contributed by atoms with E-state index in [4.69, 9.17) is 10.5 Å². The van der Waals surface area contributed by atoms with Gasteiger partial charge in [-0.05, 0) is 70.6 Å². The number of hydrogen-bond acceptors (Lipinski definition) is 2. The van der Waals surface area contributed by atoms with E-state index in [1.54, 1.807) is 0 Å². The lowest BCUT2D eigenvalue weighted by Gasteiger charge is -2.40. The van der Waals surface area contributed by atoms with Gasteiger partial charge in [-0.25, -0.2) is 0 Å². The lowest BCUT2D eigenvalue weighted by molar-refractivity contribution is -0.0881. The van der Waals surface area contributed by atoms with Gasteiger partial charge in [0.15, 0.2) is 0 Å². The molecule has 0 amide bonds. The predicted molar refractivity (Wildman–Crippen MR) is 104 cm³/mol. The van der Waals surface area contributed by atoms with Gasteiger partial charge in [-0.2, -0.15) is 0 Å². The number of nitrogens with two attached hydrogens (primary N) is 1. The molecule has 0 aromatic heterocycles. The van der Waals surface area contributed by atoms with Crippen LogP contribution < -0.4 is 5.73 Å². The van der Waals surface area contributed by atoms with Crippen LogP contribution in [0.2, 0.25) is 0 Å². The molecule has 0 spiro atoms. The molecule has 2 nitrogen and oxygen atoms in total. The Kier molecular flexibility index (Phi) is 8.82. The van der Waals surface area contributed by atoms with Crippen LogP contribution in [-0.2, 0) is 4.74 Å². The number of ether oxygens (including phenoxy) is 1. The third-order valence-electron chi connectivity index (χ3n) is 5.74. The van der Waals surface area contributed by atoms with Crippen molar-refractivity contribution in [3.63, 3.8) is 0 Å². The molecule has 0 aromatic rings. The van der Waals surface area contributed by atoms with Gasteiger partial charge < -0.3 is 10.5 Å². The SMILES string of the molecule is CCC(C)CC(C)(C)OC(C)CC(C)C(C)(C)CC(C)(N)CC. The van der Waals surface area contributed by atoms with Crippen molar-refractivity contribution in [2.45, 2.75) is 119 Å². The van der Waals surface area contributed by atoms with E-state index in [1.165, 1.54) is 6.42 Å². The van der Waals surface area contributed by atoms with Gasteiger partial charge >= 0.3 is 0 Å². The van der Waals surface area contributed by atoms with Crippen molar-refractivity contribution in [2.24, 2.45) is 23.0 Å². The van der Waals surface area contributed by atoms with Crippen LogP contribution >= 0.6 is 0 Å². The van der Waals surface area contributed by atoms with Crippen LogP contribution in [0.5, 0.6) is 0 Å². The number of hydrogen-bond donors (Lipinski definition) is 1. The summed E-state index contributed by atoms with van der Waals surface area (Å²) in [7, 11) is 0. The Morgan fingerprint density at radius 3 is 1.91 bits per heavy atom. The van der Waals surface area contributed by atoms with E-state index in [-0.39, 0.29) is 22.7 Å². The molecular weight excluding hydrogens is 282 g/mol. The minimum absolute atomic E-state index is 0.0372. The molecule has 0 aliphatic heterocycles. The first kappa shape index (κ1) is 22.9. The van der Waals surface area contributed by atoms with E-state index in [9.17, 15) is 0 Å². The molecule has 0 heterocycles. The highest BCUT2D eigenvalue weighted by atomic mass is 16.5. The van der Waals surface area contributed by atoms with E-state index in [1.807, 2.05) is 0 Å². The fourth-order valence-electron chi connectivity index (χ4n) is 3.78. The van der Waals surface area contributed by atoms with E-state index in [2.05, 4.69) is 69.2 Å². The smallest absolute Gasteiger partial charge is 0.0632 e. The molecule has 0 radical (unpaired) electrons. The maximum Gasteiger partial charge on any atom is 0.0632 e. The second-order valence-electron chi connectivity index (χ2n) is 9.72. The summed E-state index contributed by atoms with van der Waals surface area (Å²) < 4.78 is 6.40. The van der Waals surface area contributed by atoms with Crippen LogP contribution in [0.3, 0.4) is 0 Å². The predicted octanol–water partition coefficient (Wildman–Crippen LogP) is 6.18. The van der Waals surface area contributed by atoms with Crippen LogP contribution in [0.25, 0.3) is 0 Å². The summed E-state index contributed by atoms with van der Waals surface area (Å²) in [5.74, 6) is 1.31. The average Bonchev–Trinajstić information content (AvgIpc) is 2.35. The average molecular weight is 328 g/mol. The summed E-state index contributed by atoms with van der Waals surface area (Å²) >= 11 is 0. The van der Waals surface area contributed by atoms with Crippen LogP contribution in [0.15, 0.2) is 0 Å². The van der Waals surface area contributed by atoms with Crippen LogP contribution in [-0.4, -0.2) is 17.2 Å². The highest BCUT2D eigenvalue weighted by Gasteiger charge is 2.34. The maximum atomic E-state index is 6.41. The van der Waals surface area contributed by atoms with Crippen molar-refractivity contribution in [3.8, 4) is 0 Å². The zero-order valence-electron chi connectivity index (χ0n) is 17.8. The molecule has 0 aliphatic rings. The summed E-state index contributed by atoms with van der Waals surface area (Å²) in [5, 5.41) is 0. The highest BCUT2D eigenvalue weighted by molar-refractivity contribution is 4.88. The van der Waals surface area contributed by atoms with Crippen molar-refractivity contribution in [2.75, 3.05) is 0 Å². The molecule has 0 rings (SSSR count). The van der Waals surface area contributed by atoms with Gasteiger partial charge in [0.25, 0.3) is 0 Å². The third kappa shape index (κ3) is 9.10. The fraction of sp³-hybridized carbons (Fsp3) is 1.00. The highest BCUT2D eigenvalue weighted by Crippen LogP contribution is 2.39. The molecule has 2 N–H and O–H groups in total. The molecule has 0 aromatic carbocycles. The molecule has 140 valence electrons. The third-order valence-corrected chi connectivity index (χ3v) is 5.74. The zero-order valence-corrected chi connectivity index (χ0v) is 17.8. The summed E-state index contributed by atoms with van der Waals surface area (Å²) in [6, 6.07) is 0. The molecule has 23 heavy (non-hydrogen) atoms. The van der Waals surface area contributed by atoms with Gasteiger partial charge in [0.2, 0.25) is 0 Å². The molecule has 0 saturated carbocycles. The normalized spacial score (nSPS) is 20.0. The van der Waals surface area contributed by atoms with Crippen LogP contribution in [0.1, 0.15) is 101 Å². The van der Waals surface area contributed by atoms with Gasteiger partial charge in [-0.3, -0.25) is 0 Å². The van der Waals surface area contributed by atoms with Gasteiger partial charge in [0.05, 0.1) is 11.7 Å². The Labute approximate surface area is 146 Å². The summed E-state index contributed by atoms with van der Waals surface area (Å²) in [5.41, 5.74) is 6.54. The second kappa shape index (κ2) is 8.85. The maximum absolute atomic E-state index is 6.41. The Morgan fingerprint density at radius 2 is 1.48 bits per heavy atom. The summed E-state index contributed by atoms with van der Waals surface area (Å²) in [6.45, 7) is 22.7. The molecular formula is C21H45NO. The first-order valence-electron chi connectivity index (χ1n) is 9.71. The first-order valence-corrected chi connectivity index (χ1v) is 9.71. The quantitative estimate of drug-likeness (QED) is 0.492. The number of rotatable bonds is 11. The van der Waals surface area contributed by atoms with E-state index in [0.717, 1.165) is 25.7 Å². The van der Waals surface area contributed by atoms with E-state index >= 15 is 0 Å². The van der Waals surface area contributed by atoms with Gasteiger partial charge in [0, 0.05) is 5.54 Å². The second-order valence-corrected chi connectivity index (χ2v) is 9.72. The topological polar surface area (TPSA) is 35.2 Å². The Balaban J connectivity index is 4.61. The minimum atomic E-state index is -0.0717. The summed E-state index contributed by atoms with van der Waals surface area (Å²) in [6.07, 6.45) is 5.81. The van der Waals surface area contributed by atoms with Crippen molar-refractivity contribution < 1.29 is 4.74 Å². The van der Waals surface area contributed by atoms with Crippen molar-refractivity contribution in [1.29, 1.82) is 0 Å². The molecule has 0 bridgehead atoms. The van der Waals surface area contributed by atoms with Gasteiger partial charge in [-0.15, -0.1) is 0 Å². The molecule has 4 atom stereocenters. The van der Waals surface area contributed by atoms with E-state index in [0.29, 0.717) is 11.8 Å². The molecule has 0 aliphatic carbocycles. The van der Waals surface area contributed by atoms with Gasteiger partial charge in [0.1, 0.15) is 0 Å². The Hall–Kier alpha value is -0.0800. The standard InChI is InChI=1S/C21H45NO/c1-11-16(3)14-20(8,9)23-18(5)13-17(4)19(6,7)15-21(10,22)12-2/h16-18H,11-15,22H2,1-10H3. The monoisotopic (exact) mass is 327 g/mol. The summed E-state index contributed by atoms with van der Waals surface area (Å²) in [4.78, 5) is 0. The molecule has 2 heteroatoms. The molecule has 0 fully saturated rings. The zero-order chi connectivity index (χ0) is 18.5. The lowest BCUT2D eigenvalue weighted by atomic mass is 9.69. The van der Waals surface area contributed by atoms with Crippen molar-refractivity contribution in [3.05, 3.63) is 0 Å². The van der Waals surface area contributed by atoms with E-state index < -0.39 is 0 Å². The molecule has 0 saturated heterocycles. The minimum Gasteiger partial charge on any atom is -0.373 e. The Bertz CT molecular complexity index is 333. The Morgan fingerprint density at radius 1 is 0.957 bits per heavy atom. The first-order chi connectivity index (χ1) is 10.2. The van der Waals surface area contributed by atoms with Crippen molar-refractivity contribution in [1.82, 2.24) is 0 Å². The largest absolute Gasteiger partial charge is 0.373 e. The fourth-order valence-corrected chi connectivity index (χ4v) is 3.78. The molecule has 4 unspecified atom stereocenters.